The Bertz CT molecular complexity index is 774. The fourth-order valence-corrected chi connectivity index (χ4v) is 5.21. The molecule has 29 heavy (non-hydrogen) atoms. The highest BCUT2D eigenvalue weighted by Gasteiger charge is 2.29. The SMILES string of the molecule is CCNC(=NCCN1CCc2sccc2C1)N1CCC(C)C(n2ccnc2)C1.I. The molecule has 2 aromatic rings. The van der Waals surface area contributed by atoms with Crippen molar-refractivity contribution in [1.82, 2.24) is 24.7 Å². The largest absolute Gasteiger partial charge is 0.357 e. The van der Waals surface area contributed by atoms with Gasteiger partial charge in [-0.1, -0.05) is 6.92 Å². The first kappa shape index (κ1) is 22.6. The molecule has 1 N–H and O–H groups in total. The van der Waals surface area contributed by atoms with Crippen LogP contribution in [0.15, 0.2) is 35.2 Å². The van der Waals surface area contributed by atoms with Gasteiger partial charge in [-0.25, -0.2) is 4.98 Å². The van der Waals surface area contributed by atoms with E-state index in [2.05, 4.69) is 56.2 Å². The topological polar surface area (TPSA) is 48.7 Å². The number of aromatic nitrogens is 2. The Balaban J connectivity index is 0.00000240. The van der Waals surface area contributed by atoms with Crippen molar-refractivity contribution in [3.63, 3.8) is 0 Å². The molecule has 0 spiro atoms. The molecular weight excluding hydrogens is 495 g/mol. The van der Waals surface area contributed by atoms with Crippen LogP contribution in [-0.2, 0) is 13.0 Å². The maximum Gasteiger partial charge on any atom is 0.194 e. The van der Waals surface area contributed by atoms with Crippen LogP contribution in [0.5, 0.6) is 0 Å². The fourth-order valence-electron chi connectivity index (χ4n) is 4.32. The third-order valence-electron chi connectivity index (χ3n) is 6.03. The molecule has 6 nitrogen and oxygen atoms in total. The van der Waals surface area contributed by atoms with Crippen LogP contribution >= 0.6 is 35.3 Å². The summed E-state index contributed by atoms with van der Waals surface area (Å²) in [6, 6.07) is 2.74. The molecule has 4 heterocycles. The standard InChI is InChI=1S/C21H32N6S.HI/c1-3-23-21(24-8-11-25-9-5-20-18(14-25)6-13-28-20)26-10-4-17(2)19(15-26)27-12-7-22-16-27;/h6-7,12-13,16-17,19H,3-5,8-11,14-15H2,1-2H3,(H,23,24);1H. The summed E-state index contributed by atoms with van der Waals surface area (Å²) in [5.41, 5.74) is 1.51. The number of hydrogen-bond donors (Lipinski definition) is 1. The zero-order valence-corrected chi connectivity index (χ0v) is 20.6. The Kier molecular flexibility index (Phi) is 8.37. The molecule has 0 bridgehead atoms. The lowest BCUT2D eigenvalue weighted by Gasteiger charge is -2.39. The van der Waals surface area contributed by atoms with Gasteiger partial charge in [-0.05, 0) is 42.7 Å². The summed E-state index contributed by atoms with van der Waals surface area (Å²) >= 11 is 1.90. The second-order valence-electron chi connectivity index (χ2n) is 7.92. The van der Waals surface area contributed by atoms with E-state index in [4.69, 9.17) is 4.99 Å². The maximum absolute atomic E-state index is 4.98. The minimum atomic E-state index is 0. The van der Waals surface area contributed by atoms with Crippen LogP contribution < -0.4 is 5.32 Å². The lowest BCUT2D eigenvalue weighted by molar-refractivity contribution is 0.188. The molecular formula is C21H33IN6S. The van der Waals surface area contributed by atoms with Gasteiger partial charge in [0.15, 0.2) is 5.96 Å². The molecule has 2 atom stereocenters. The van der Waals surface area contributed by atoms with Crippen molar-refractivity contribution in [3.05, 3.63) is 40.6 Å². The Hall–Kier alpha value is -1.13. The van der Waals surface area contributed by atoms with Crippen LogP contribution in [0, 0.1) is 5.92 Å². The normalized spacial score (nSPS) is 22.8. The first-order valence-corrected chi connectivity index (χ1v) is 11.4. The molecule has 4 rings (SSSR count). The van der Waals surface area contributed by atoms with Crippen LogP contribution in [0.25, 0.3) is 0 Å². The third kappa shape index (κ3) is 5.52. The number of hydrogen-bond acceptors (Lipinski definition) is 4. The van der Waals surface area contributed by atoms with Gasteiger partial charge < -0.3 is 14.8 Å². The average Bonchev–Trinajstić information content (AvgIpc) is 3.39. The van der Waals surface area contributed by atoms with Gasteiger partial charge in [-0.3, -0.25) is 9.89 Å². The van der Waals surface area contributed by atoms with Crippen LogP contribution in [0.2, 0.25) is 0 Å². The number of fused-ring (bicyclic) bond motifs is 1. The number of aliphatic imine (C=N–C) groups is 1. The van der Waals surface area contributed by atoms with Gasteiger partial charge in [0.1, 0.15) is 0 Å². The highest BCUT2D eigenvalue weighted by molar-refractivity contribution is 14.0. The molecule has 0 amide bonds. The summed E-state index contributed by atoms with van der Waals surface area (Å²) in [5, 5.41) is 5.74. The van der Waals surface area contributed by atoms with E-state index in [1.54, 1.807) is 4.88 Å². The predicted octanol–water partition coefficient (Wildman–Crippen LogP) is 3.47. The second kappa shape index (κ2) is 10.8. The molecule has 160 valence electrons. The third-order valence-corrected chi connectivity index (χ3v) is 7.05. The molecule has 2 aromatic heterocycles. The Morgan fingerprint density at radius 1 is 1.38 bits per heavy atom. The lowest BCUT2D eigenvalue weighted by atomic mass is 9.93. The van der Waals surface area contributed by atoms with Crippen LogP contribution in [0.1, 0.15) is 36.8 Å². The number of nitrogens with zero attached hydrogens (tertiary/aromatic N) is 5. The van der Waals surface area contributed by atoms with Crippen molar-refractivity contribution in [1.29, 1.82) is 0 Å². The number of imidazole rings is 1. The summed E-state index contributed by atoms with van der Waals surface area (Å²) in [4.78, 5) is 15.8. The smallest absolute Gasteiger partial charge is 0.194 e. The van der Waals surface area contributed by atoms with Crippen molar-refractivity contribution >= 4 is 41.3 Å². The Morgan fingerprint density at radius 2 is 2.28 bits per heavy atom. The van der Waals surface area contributed by atoms with Crippen molar-refractivity contribution in [3.8, 4) is 0 Å². The highest BCUT2D eigenvalue weighted by atomic mass is 127. The molecule has 0 aromatic carbocycles. The van der Waals surface area contributed by atoms with Crippen LogP contribution in [-0.4, -0.2) is 64.6 Å². The van der Waals surface area contributed by atoms with E-state index in [0.717, 1.165) is 51.8 Å². The summed E-state index contributed by atoms with van der Waals surface area (Å²) in [6.45, 7) is 11.6. The summed E-state index contributed by atoms with van der Waals surface area (Å²) in [7, 11) is 0. The number of piperidine rings is 1. The van der Waals surface area contributed by atoms with Crippen LogP contribution in [0.4, 0.5) is 0 Å². The summed E-state index contributed by atoms with van der Waals surface area (Å²) in [6.07, 6.45) is 8.28. The maximum atomic E-state index is 4.98. The van der Waals surface area contributed by atoms with Crippen molar-refractivity contribution in [2.75, 3.05) is 39.3 Å². The van der Waals surface area contributed by atoms with Crippen LogP contribution in [0.3, 0.4) is 0 Å². The number of guanidine groups is 1. The predicted molar refractivity (Wildman–Crippen MR) is 131 cm³/mol. The van der Waals surface area contributed by atoms with Crippen molar-refractivity contribution < 1.29 is 0 Å². The minimum Gasteiger partial charge on any atom is -0.357 e. The van der Waals surface area contributed by atoms with E-state index < -0.39 is 0 Å². The van der Waals surface area contributed by atoms with Gasteiger partial charge in [0.2, 0.25) is 0 Å². The van der Waals surface area contributed by atoms with Crippen molar-refractivity contribution in [2.24, 2.45) is 10.9 Å². The molecule has 0 aliphatic carbocycles. The number of thiophene rings is 1. The number of halogens is 1. The summed E-state index contributed by atoms with van der Waals surface area (Å²) in [5.74, 6) is 1.72. The van der Waals surface area contributed by atoms with Gasteiger partial charge in [0.25, 0.3) is 0 Å². The van der Waals surface area contributed by atoms with E-state index in [0.29, 0.717) is 12.0 Å². The number of nitrogens with one attached hydrogen (secondary N) is 1. The van der Waals surface area contributed by atoms with Gasteiger partial charge in [-0.15, -0.1) is 35.3 Å². The molecule has 1 fully saturated rings. The first-order chi connectivity index (χ1) is 13.7. The quantitative estimate of drug-likeness (QED) is 0.367. The van der Waals surface area contributed by atoms with E-state index in [9.17, 15) is 0 Å². The van der Waals surface area contributed by atoms with E-state index in [1.807, 2.05) is 23.9 Å². The van der Waals surface area contributed by atoms with E-state index in [-0.39, 0.29) is 24.0 Å². The van der Waals surface area contributed by atoms with Gasteiger partial charge in [-0.2, -0.15) is 0 Å². The van der Waals surface area contributed by atoms with Gasteiger partial charge >= 0.3 is 0 Å². The highest BCUT2D eigenvalue weighted by Crippen LogP contribution is 2.27. The Morgan fingerprint density at radius 3 is 3.07 bits per heavy atom. The molecule has 2 unspecified atom stereocenters. The van der Waals surface area contributed by atoms with Gasteiger partial charge in [0.05, 0.1) is 18.9 Å². The monoisotopic (exact) mass is 528 g/mol. The summed E-state index contributed by atoms with van der Waals surface area (Å²) < 4.78 is 2.26. The van der Waals surface area contributed by atoms with Crippen molar-refractivity contribution in [2.45, 2.75) is 39.3 Å². The molecule has 8 heteroatoms. The molecule has 2 aliphatic rings. The zero-order chi connectivity index (χ0) is 19.3. The molecule has 2 aliphatic heterocycles. The van der Waals surface area contributed by atoms with E-state index in [1.165, 1.54) is 18.4 Å². The molecule has 1 saturated heterocycles. The number of rotatable bonds is 5. The average molecular weight is 529 g/mol. The number of likely N-dealkylation sites (tertiary alicyclic amines) is 1. The lowest BCUT2D eigenvalue weighted by Crippen LogP contribution is -2.49. The Labute approximate surface area is 195 Å². The fraction of sp³-hybridized carbons (Fsp3) is 0.619. The van der Waals surface area contributed by atoms with Gasteiger partial charge in [0, 0.05) is 56.5 Å². The first-order valence-electron chi connectivity index (χ1n) is 10.5. The second-order valence-corrected chi connectivity index (χ2v) is 8.92. The molecule has 0 saturated carbocycles. The minimum absolute atomic E-state index is 0. The van der Waals surface area contributed by atoms with E-state index >= 15 is 0 Å². The zero-order valence-electron chi connectivity index (χ0n) is 17.5. The molecule has 0 radical (unpaired) electrons.